The molecule has 0 fully saturated rings. The third-order valence-electron chi connectivity index (χ3n) is 3.59. The molecule has 0 saturated heterocycles. The van der Waals surface area contributed by atoms with E-state index in [4.69, 9.17) is 33.2 Å². The Bertz CT molecular complexity index is 1060. The van der Waals surface area contributed by atoms with Gasteiger partial charge in [0.05, 0.1) is 29.7 Å². The van der Waals surface area contributed by atoms with Gasteiger partial charge in [-0.25, -0.2) is 4.98 Å². The van der Waals surface area contributed by atoms with Crippen LogP contribution >= 0.6 is 35.0 Å². The first-order valence-electron chi connectivity index (χ1n) is 7.88. The molecule has 3 rings (SSSR count). The number of hydrogen-bond acceptors (Lipinski definition) is 6. The number of nitriles is 1. The number of nitrogens with zero attached hydrogens (tertiary/aromatic N) is 3. The van der Waals surface area contributed by atoms with Crippen LogP contribution in [-0.2, 0) is 4.79 Å². The maximum Gasteiger partial charge on any atom is 0.234 e. The average Bonchev–Trinajstić information content (AvgIpc) is 3.15. The molecule has 0 bridgehead atoms. The SMILES string of the molecule is COc1ccc(Cl)cc1-c1nc(SCC(=O)Nc2cc(Cl)ccc2C#N)n[nH]1. The van der Waals surface area contributed by atoms with Crippen LogP contribution in [0.15, 0.2) is 41.6 Å². The zero-order valence-corrected chi connectivity index (χ0v) is 16.8. The number of methoxy groups -OCH3 is 1. The second-order valence-electron chi connectivity index (χ2n) is 5.45. The minimum atomic E-state index is -0.310. The Morgan fingerprint density at radius 3 is 2.79 bits per heavy atom. The second kappa shape index (κ2) is 8.97. The quantitative estimate of drug-likeness (QED) is 0.558. The van der Waals surface area contributed by atoms with Crippen molar-refractivity contribution in [2.75, 3.05) is 18.2 Å². The summed E-state index contributed by atoms with van der Waals surface area (Å²) in [6.07, 6.45) is 0. The van der Waals surface area contributed by atoms with Crippen molar-refractivity contribution in [3.63, 3.8) is 0 Å². The fourth-order valence-electron chi connectivity index (χ4n) is 2.33. The van der Waals surface area contributed by atoms with Gasteiger partial charge in [0.2, 0.25) is 11.1 Å². The van der Waals surface area contributed by atoms with Crippen LogP contribution in [-0.4, -0.2) is 34.0 Å². The normalized spacial score (nSPS) is 10.4. The van der Waals surface area contributed by atoms with E-state index in [9.17, 15) is 4.79 Å². The van der Waals surface area contributed by atoms with Crippen molar-refractivity contribution in [1.82, 2.24) is 15.2 Å². The van der Waals surface area contributed by atoms with E-state index < -0.39 is 0 Å². The maximum absolute atomic E-state index is 12.2. The molecule has 2 N–H and O–H groups in total. The number of anilines is 1. The predicted octanol–water partition coefficient (Wildman–Crippen LogP) is 4.39. The molecule has 0 aliphatic heterocycles. The van der Waals surface area contributed by atoms with Crippen molar-refractivity contribution in [2.24, 2.45) is 0 Å². The van der Waals surface area contributed by atoms with E-state index in [0.717, 1.165) is 11.8 Å². The predicted molar refractivity (Wildman–Crippen MR) is 109 cm³/mol. The van der Waals surface area contributed by atoms with Crippen LogP contribution < -0.4 is 10.1 Å². The zero-order chi connectivity index (χ0) is 20.1. The molecule has 2 aromatic carbocycles. The maximum atomic E-state index is 12.2. The topological polar surface area (TPSA) is 104 Å². The van der Waals surface area contributed by atoms with Crippen molar-refractivity contribution in [3.05, 3.63) is 52.0 Å². The number of aromatic nitrogens is 3. The number of amides is 1. The highest BCUT2D eigenvalue weighted by Gasteiger charge is 2.14. The monoisotopic (exact) mass is 433 g/mol. The minimum absolute atomic E-state index is 0.0569. The van der Waals surface area contributed by atoms with Crippen LogP contribution in [0, 0.1) is 11.3 Å². The fourth-order valence-corrected chi connectivity index (χ4v) is 3.27. The molecule has 0 aliphatic rings. The molecule has 0 unspecified atom stereocenters. The number of carbonyl (C=O) groups is 1. The highest BCUT2D eigenvalue weighted by atomic mass is 35.5. The van der Waals surface area contributed by atoms with Gasteiger partial charge in [-0.15, -0.1) is 5.10 Å². The van der Waals surface area contributed by atoms with Crippen molar-refractivity contribution in [2.45, 2.75) is 5.16 Å². The number of hydrogen-bond donors (Lipinski definition) is 2. The lowest BCUT2D eigenvalue weighted by molar-refractivity contribution is -0.113. The van der Waals surface area contributed by atoms with Crippen molar-refractivity contribution in [3.8, 4) is 23.2 Å². The lowest BCUT2D eigenvalue weighted by Gasteiger charge is -2.06. The Balaban J connectivity index is 1.67. The Kier molecular flexibility index (Phi) is 6.41. The van der Waals surface area contributed by atoms with Gasteiger partial charge in [0.1, 0.15) is 11.8 Å². The standard InChI is InChI=1S/C18H13Cl2N5O2S/c1-27-15-5-4-11(19)6-13(15)17-23-18(25-24-17)28-9-16(26)22-14-7-12(20)3-2-10(14)8-21/h2-7H,9H2,1H3,(H,22,26)(H,23,24,25). The molecule has 0 spiro atoms. The van der Waals surface area contributed by atoms with Crippen LogP contribution in [0.3, 0.4) is 0 Å². The smallest absolute Gasteiger partial charge is 0.234 e. The molecule has 0 aliphatic carbocycles. The van der Waals surface area contributed by atoms with Gasteiger partial charge in [0.15, 0.2) is 5.82 Å². The second-order valence-corrected chi connectivity index (χ2v) is 7.27. The van der Waals surface area contributed by atoms with E-state index in [0.29, 0.717) is 43.6 Å². The van der Waals surface area contributed by atoms with Crippen LogP contribution in [0.4, 0.5) is 5.69 Å². The molecule has 0 saturated carbocycles. The number of carbonyl (C=O) groups excluding carboxylic acids is 1. The van der Waals surface area contributed by atoms with Gasteiger partial charge < -0.3 is 10.1 Å². The van der Waals surface area contributed by atoms with E-state index in [1.165, 1.54) is 6.07 Å². The molecule has 1 heterocycles. The van der Waals surface area contributed by atoms with E-state index in [2.05, 4.69) is 20.5 Å². The summed E-state index contributed by atoms with van der Waals surface area (Å²) in [5.41, 5.74) is 1.35. The lowest BCUT2D eigenvalue weighted by Crippen LogP contribution is -2.15. The van der Waals surface area contributed by atoms with Crippen molar-refractivity contribution < 1.29 is 9.53 Å². The van der Waals surface area contributed by atoms with Gasteiger partial charge >= 0.3 is 0 Å². The molecule has 0 atom stereocenters. The lowest BCUT2D eigenvalue weighted by atomic mass is 10.2. The summed E-state index contributed by atoms with van der Waals surface area (Å²) in [4.78, 5) is 16.6. The van der Waals surface area contributed by atoms with E-state index in [-0.39, 0.29) is 11.7 Å². The van der Waals surface area contributed by atoms with Crippen molar-refractivity contribution in [1.29, 1.82) is 5.26 Å². The number of H-pyrrole nitrogens is 1. The third kappa shape index (κ3) is 4.75. The fraction of sp³-hybridized carbons (Fsp3) is 0.111. The summed E-state index contributed by atoms with van der Waals surface area (Å²) in [6.45, 7) is 0. The molecule has 1 amide bonds. The number of nitrogens with one attached hydrogen (secondary N) is 2. The Morgan fingerprint density at radius 2 is 2.04 bits per heavy atom. The molecule has 0 radical (unpaired) electrons. The average molecular weight is 434 g/mol. The Morgan fingerprint density at radius 1 is 1.29 bits per heavy atom. The zero-order valence-electron chi connectivity index (χ0n) is 14.5. The highest BCUT2D eigenvalue weighted by Crippen LogP contribution is 2.31. The Hall–Kier alpha value is -2.73. The third-order valence-corrected chi connectivity index (χ3v) is 4.91. The van der Waals surface area contributed by atoms with E-state index >= 15 is 0 Å². The van der Waals surface area contributed by atoms with Crippen LogP contribution in [0.2, 0.25) is 10.0 Å². The largest absolute Gasteiger partial charge is 0.496 e. The van der Waals surface area contributed by atoms with Gasteiger partial charge in [-0.05, 0) is 36.4 Å². The van der Waals surface area contributed by atoms with Gasteiger partial charge in [0.25, 0.3) is 0 Å². The minimum Gasteiger partial charge on any atom is -0.496 e. The van der Waals surface area contributed by atoms with E-state index in [1.54, 1.807) is 37.4 Å². The summed E-state index contributed by atoms with van der Waals surface area (Å²) in [7, 11) is 1.55. The molecular formula is C18H13Cl2N5O2S. The van der Waals surface area contributed by atoms with Crippen LogP contribution in [0.25, 0.3) is 11.4 Å². The van der Waals surface area contributed by atoms with Gasteiger partial charge in [-0.3, -0.25) is 9.89 Å². The summed E-state index contributed by atoms with van der Waals surface area (Å²) in [6, 6.07) is 11.8. The number of ether oxygens (including phenoxy) is 1. The molecule has 10 heteroatoms. The molecule has 142 valence electrons. The number of thioether (sulfide) groups is 1. The number of halogens is 2. The highest BCUT2D eigenvalue weighted by molar-refractivity contribution is 7.99. The molecule has 1 aromatic heterocycles. The van der Waals surface area contributed by atoms with Crippen molar-refractivity contribution >= 4 is 46.6 Å². The number of aromatic amines is 1. The molecule has 28 heavy (non-hydrogen) atoms. The molecule has 7 nitrogen and oxygen atoms in total. The van der Waals surface area contributed by atoms with Crippen LogP contribution in [0.1, 0.15) is 5.56 Å². The summed E-state index contributed by atoms with van der Waals surface area (Å²) in [5.74, 6) is 0.820. The van der Waals surface area contributed by atoms with Gasteiger partial charge in [0, 0.05) is 10.0 Å². The van der Waals surface area contributed by atoms with Gasteiger partial charge in [-0.2, -0.15) is 5.26 Å². The first-order valence-corrected chi connectivity index (χ1v) is 9.63. The summed E-state index contributed by atoms with van der Waals surface area (Å²) in [5, 5.41) is 20.0. The van der Waals surface area contributed by atoms with Gasteiger partial charge in [-0.1, -0.05) is 35.0 Å². The summed E-state index contributed by atoms with van der Waals surface area (Å²) >= 11 is 13.1. The molecule has 3 aromatic rings. The molecular weight excluding hydrogens is 421 g/mol. The van der Waals surface area contributed by atoms with Crippen LogP contribution in [0.5, 0.6) is 5.75 Å². The first kappa shape index (κ1) is 20.0. The van der Waals surface area contributed by atoms with E-state index in [1.807, 2.05) is 6.07 Å². The summed E-state index contributed by atoms with van der Waals surface area (Å²) < 4.78 is 5.31. The first-order chi connectivity index (χ1) is 13.5. The number of benzene rings is 2. The number of rotatable bonds is 6. The Labute approximate surface area is 175 Å².